The Hall–Kier alpha value is -0.650. The fourth-order valence-corrected chi connectivity index (χ4v) is 2.19. The molecule has 0 aromatic rings. The van der Waals surface area contributed by atoms with Crippen molar-refractivity contribution in [2.24, 2.45) is 0 Å². The van der Waals surface area contributed by atoms with Gasteiger partial charge in [-0.15, -0.1) is 0 Å². The van der Waals surface area contributed by atoms with Gasteiger partial charge in [-0.1, -0.05) is 0 Å². The summed E-state index contributed by atoms with van der Waals surface area (Å²) in [5.41, 5.74) is 0. The average molecular weight is 228 g/mol. The van der Waals surface area contributed by atoms with Crippen molar-refractivity contribution in [3.63, 3.8) is 0 Å². The number of carbonyl (C=O) groups excluding carboxylic acids is 1. The van der Waals surface area contributed by atoms with Crippen molar-refractivity contribution in [2.45, 2.75) is 18.9 Å². The van der Waals surface area contributed by atoms with Gasteiger partial charge in [0.2, 0.25) is 5.91 Å². The summed E-state index contributed by atoms with van der Waals surface area (Å²) in [7, 11) is 0. The molecule has 2 saturated heterocycles. The maximum atomic E-state index is 11.6. The second kappa shape index (κ2) is 5.61. The van der Waals surface area contributed by atoms with E-state index in [0.717, 1.165) is 45.8 Å². The van der Waals surface area contributed by atoms with Crippen LogP contribution in [0.5, 0.6) is 0 Å². The minimum Gasteiger partial charge on any atom is -0.393 e. The van der Waals surface area contributed by atoms with E-state index in [4.69, 9.17) is 4.74 Å². The lowest BCUT2D eigenvalue weighted by Gasteiger charge is -2.33. The van der Waals surface area contributed by atoms with Crippen molar-refractivity contribution in [1.29, 1.82) is 0 Å². The second-order valence-electron chi connectivity index (χ2n) is 4.48. The lowest BCUT2D eigenvalue weighted by Crippen LogP contribution is -2.46. The quantitative estimate of drug-likeness (QED) is 0.694. The number of aliphatic hydroxyl groups is 1. The van der Waals surface area contributed by atoms with E-state index < -0.39 is 6.10 Å². The molecule has 0 saturated carbocycles. The largest absolute Gasteiger partial charge is 0.393 e. The van der Waals surface area contributed by atoms with Crippen molar-refractivity contribution < 1.29 is 14.6 Å². The number of hydrogen-bond donors (Lipinski definition) is 1. The zero-order valence-corrected chi connectivity index (χ0v) is 9.60. The molecule has 2 aliphatic heterocycles. The summed E-state index contributed by atoms with van der Waals surface area (Å²) in [5, 5.41) is 9.34. The molecule has 2 rings (SSSR count). The third-order valence-corrected chi connectivity index (χ3v) is 3.29. The van der Waals surface area contributed by atoms with Crippen LogP contribution < -0.4 is 0 Å². The van der Waals surface area contributed by atoms with Gasteiger partial charge >= 0.3 is 0 Å². The van der Waals surface area contributed by atoms with Crippen molar-refractivity contribution >= 4 is 5.91 Å². The summed E-state index contributed by atoms with van der Waals surface area (Å²) in [4.78, 5) is 15.8. The number of piperidine rings is 1. The minimum atomic E-state index is -0.424. The summed E-state index contributed by atoms with van der Waals surface area (Å²) < 4.78 is 5.27. The fraction of sp³-hybridized carbons (Fsp3) is 0.909. The van der Waals surface area contributed by atoms with Gasteiger partial charge in [-0.3, -0.25) is 9.69 Å². The van der Waals surface area contributed by atoms with Gasteiger partial charge in [-0.05, 0) is 6.42 Å². The first kappa shape index (κ1) is 11.8. The van der Waals surface area contributed by atoms with Crippen molar-refractivity contribution in [1.82, 2.24) is 9.80 Å². The third-order valence-electron chi connectivity index (χ3n) is 3.29. The molecule has 0 bridgehead atoms. The Morgan fingerprint density at radius 3 is 2.69 bits per heavy atom. The summed E-state index contributed by atoms with van der Waals surface area (Å²) in [6, 6.07) is 0. The predicted octanol–water partition coefficient (Wildman–Crippen LogP) is -0.698. The number of carbonyl (C=O) groups is 1. The number of amides is 1. The van der Waals surface area contributed by atoms with Crippen LogP contribution in [-0.4, -0.2) is 72.9 Å². The lowest BCUT2D eigenvalue weighted by atomic mass is 10.1. The molecular formula is C11H20N2O3. The second-order valence-corrected chi connectivity index (χ2v) is 4.48. The average Bonchev–Trinajstić information content (AvgIpc) is 2.29. The number of aliphatic hydroxyl groups excluding tert-OH is 1. The van der Waals surface area contributed by atoms with Crippen LogP contribution in [0.2, 0.25) is 0 Å². The van der Waals surface area contributed by atoms with Crippen LogP contribution in [0.4, 0.5) is 0 Å². The number of ether oxygens (including phenoxy) is 1. The van der Waals surface area contributed by atoms with E-state index in [1.165, 1.54) is 0 Å². The number of morpholine rings is 1. The normalized spacial score (nSPS) is 28.4. The highest BCUT2D eigenvalue weighted by molar-refractivity contribution is 5.77. The highest BCUT2D eigenvalue weighted by atomic mass is 16.5. The molecule has 0 radical (unpaired) electrons. The number of nitrogens with zero attached hydrogens (tertiary/aromatic N) is 2. The Morgan fingerprint density at radius 1 is 1.25 bits per heavy atom. The lowest BCUT2D eigenvalue weighted by molar-refractivity contribution is -0.137. The molecule has 2 aliphatic rings. The molecule has 1 amide bonds. The van der Waals surface area contributed by atoms with Crippen molar-refractivity contribution in [2.75, 3.05) is 45.9 Å². The molecule has 0 aromatic carbocycles. The molecule has 5 nitrogen and oxygen atoms in total. The third kappa shape index (κ3) is 3.17. The summed E-state index contributed by atoms with van der Waals surface area (Å²) >= 11 is 0. The molecular weight excluding hydrogens is 208 g/mol. The Balaban J connectivity index is 1.70. The van der Waals surface area contributed by atoms with Gasteiger partial charge in [0.1, 0.15) is 0 Å². The van der Waals surface area contributed by atoms with Crippen molar-refractivity contribution in [3.8, 4) is 0 Å². The topological polar surface area (TPSA) is 53.0 Å². The molecule has 5 heteroatoms. The molecule has 92 valence electrons. The van der Waals surface area contributed by atoms with E-state index in [1.807, 2.05) is 4.90 Å². The predicted molar refractivity (Wildman–Crippen MR) is 59.1 cm³/mol. The smallest absolute Gasteiger partial charge is 0.225 e. The monoisotopic (exact) mass is 228 g/mol. The van der Waals surface area contributed by atoms with Gasteiger partial charge < -0.3 is 14.7 Å². The maximum Gasteiger partial charge on any atom is 0.225 e. The number of hydrogen-bond acceptors (Lipinski definition) is 4. The van der Waals surface area contributed by atoms with Crippen LogP contribution in [0, 0.1) is 0 Å². The maximum absolute atomic E-state index is 11.6. The Labute approximate surface area is 96.0 Å². The Morgan fingerprint density at radius 2 is 2.00 bits per heavy atom. The Kier molecular flexibility index (Phi) is 4.15. The van der Waals surface area contributed by atoms with E-state index in [9.17, 15) is 9.90 Å². The van der Waals surface area contributed by atoms with E-state index in [-0.39, 0.29) is 5.91 Å². The van der Waals surface area contributed by atoms with Crippen molar-refractivity contribution in [3.05, 3.63) is 0 Å². The highest BCUT2D eigenvalue weighted by Crippen LogP contribution is 2.11. The number of rotatable bonds is 3. The van der Waals surface area contributed by atoms with Gasteiger partial charge in [-0.25, -0.2) is 0 Å². The van der Waals surface area contributed by atoms with Crippen LogP contribution in [0.1, 0.15) is 12.8 Å². The van der Waals surface area contributed by atoms with Crippen LogP contribution in [0.25, 0.3) is 0 Å². The van der Waals surface area contributed by atoms with Crippen LogP contribution in [-0.2, 0) is 9.53 Å². The molecule has 0 aliphatic carbocycles. The van der Waals surface area contributed by atoms with E-state index in [0.29, 0.717) is 13.0 Å². The van der Waals surface area contributed by atoms with E-state index >= 15 is 0 Å². The summed E-state index contributed by atoms with van der Waals surface area (Å²) in [5.74, 6) is 0.0898. The van der Waals surface area contributed by atoms with Gasteiger partial charge in [0, 0.05) is 32.7 Å². The molecule has 1 N–H and O–H groups in total. The SMILES string of the molecule is O=C1CC(O)CCN1CCN1CCOCC1. The molecule has 16 heavy (non-hydrogen) atoms. The van der Waals surface area contributed by atoms with Gasteiger partial charge in [0.05, 0.1) is 25.7 Å². The van der Waals surface area contributed by atoms with E-state index in [2.05, 4.69) is 4.90 Å². The fourth-order valence-electron chi connectivity index (χ4n) is 2.19. The summed E-state index contributed by atoms with van der Waals surface area (Å²) in [6.07, 6.45) is 0.588. The molecule has 0 spiro atoms. The first-order valence-electron chi connectivity index (χ1n) is 6.01. The standard InChI is InChI=1S/C11H20N2O3/c14-10-1-2-13(11(15)9-10)4-3-12-5-7-16-8-6-12/h10,14H,1-9H2. The minimum absolute atomic E-state index is 0.0898. The number of likely N-dealkylation sites (tertiary alicyclic amines) is 1. The zero-order chi connectivity index (χ0) is 11.4. The summed E-state index contributed by atoms with van der Waals surface area (Å²) in [6.45, 7) is 5.93. The zero-order valence-electron chi connectivity index (χ0n) is 9.60. The first-order chi connectivity index (χ1) is 7.75. The van der Waals surface area contributed by atoms with Crippen LogP contribution in [0.15, 0.2) is 0 Å². The molecule has 1 unspecified atom stereocenters. The van der Waals surface area contributed by atoms with Crippen LogP contribution in [0.3, 0.4) is 0 Å². The molecule has 1 atom stereocenters. The molecule has 2 fully saturated rings. The van der Waals surface area contributed by atoms with Gasteiger partial charge in [-0.2, -0.15) is 0 Å². The van der Waals surface area contributed by atoms with Gasteiger partial charge in [0.15, 0.2) is 0 Å². The van der Waals surface area contributed by atoms with Gasteiger partial charge in [0.25, 0.3) is 0 Å². The Bertz CT molecular complexity index is 241. The first-order valence-corrected chi connectivity index (χ1v) is 6.01. The highest BCUT2D eigenvalue weighted by Gasteiger charge is 2.24. The molecule has 2 heterocycles. The van der Waals surface area contributed by atoms with Crippen LogP contribution >= 0.6 is 0 Å². The molecule has 0 aromatic heterocycles. The van der Waals surface area contributed by atoms with E-state index in [1.54, 1.807) is 0 Å².